The lowest BCUT2D eigenvalue weighted by Gasteiger charge is -2.08. The minimum absolute atomic E-state index is 0.0593. The molecule has 5 nitrogen and oxygen atoms in total. The fourth-order valence-electron chi connectivity index (χ4n) is 1.68. The summed E-state index contributed by atoms with van der Waals surface area (Å²) in [5, 5.41) is 37.0. The van der Waals surface area contributed by atoms with Crippen LogP contribution in [0.4, 0.5) is 0 Å². The molecule has 1 aromatic rings. The summed E-state index contributed by atoms with van der Waals surface area (Å²) in [4.78, 5) is 10.4. The van der Waals surface area contributed by atoms with Crippen molar-refractivity contribution >= 4 is 5.97 Å². The Kier molecular flexibility index (Phi) is 5.38. The van der Waals surface area contributed by atoms with Crippen LogP contribution in [-0.2, 0) is 17.8 Å². The van der Waals surface area contributed by atoms with Gasteiger partial charge in [0.15, 0.2) is 0 Å². The maximum absolute atomic E-state index is 10.4. The van der Waals surface area contributed by atoms with Crippen LogP contribution in [0.2, 0.25) is 0 Å². The average molecular weight is 266 g/mol. The van der Waals surface area contributed by atoms with E-state index in [1.807, 2.05) is 0 Å². The zero-order chi connectivity index (χ0) is 14.4. The number of aliphatic hydroxyl groups is 1. The predicted octanol–water partition coefficient (Wildman–Crippen LogP) is 1.94. The molecule has 1 aromatic carbocycles. The highest BCUT2D eigenvalue weighted by Gasteiger charge is 2.08. The van der Waals surface area contributed by atoms with E-state index in [0.717, 1.165) is 5.57 Å². The van der Waals surface area contributed by atoms with E-state index >= 15 is 0 Å². The van der Waals surface area contributed by atoms with Gasteiger partial charge in [0.25, 0.3) is 0 Å². The average Bonchev–Trinajstić information content (AvgIpc) is 2.34. The van der Waals surface area contributed by atoms with Crippen molar-refractivity contribution in [3.8, 4) is 11.5 Å². The van der Waals surface area contributed by atoms with Crippen LogP contribution in [0.5, 0.6) is 11.5 Å². The molecule has 0 spiro atoms. The van der Waals surface area contributed by atoms with E-state index < -0.39 is 5.97 Å². The van der Waals surface area contributed by atoms with E-state index in [1.54, 1.807) is 13.0 Å². The number of rotatable bonds is 6. The Balaban J connectivity index is 2.77. The number of aliphatic carboxylic acids is 1. The number of phenolic OH excluding ortho intramolecular Hbond substituents is 2. The molecule has 0 unspecified atom stereocenters. The summed E-state index contributed by atoms with van der Waals surface area (Å²) in [5.41, 5.74) is 1.68. The Morgan fingerprint density at radius 1 is 1.21 bits per heavy atom. The third kappa shape index (κ3) is 4.63. The van der Waals surface area contributed by atoms with Crippen LogP contribution in [0, 0.1) is 0 Å². The monoisotopic (exact) mass is 266 g/mol. The molecular formula is C14H18O5. The van der Waals surface area contributed by atoms with Gasteiger partial charge in [0.2, 0.25) is 0 Å². The third-order valence-electron chi connectivity index (χ3n) is 2.83. The van der Waals surface area contributed by atoms with Crippen LogP contribution in [0.25, 0.3) is 0 Å². The fourth-order valence-corrected chi connectivity index (χ4v) is 1.68. The number of benzene rings is 1. The standard InChI is InChI=1S/C14H18O5/c1-9(3-5-14(18)19)2-4-11-12(16)6-10(8-15)7-13(11)17/h2,6-7,15-17H,3-5,8H2,1H3,(H,18,19)/b9-2+. The van der Waals surface area contributed by atoms with Crippen LogP contribution in [0.15, 0.2) is 23.8 Å². The molecule has 0 heterocycles. The lowest BCUT2D eigenvalue weighted by Crippen LogP contribution is -1.95. The van der Waals surface area contributed by atoms with Crippen LogP contribution in [0.3, 0.4) is 0 Å². The summed E-state index contributed by atoms with van der Waals surface area (Å²) in [5.74, 6) is -1.01. The summed E-state index contributed by atoms with van der Waals surface area (Å²) >= 11 is 0. The highest BCUT2D eigenvalue weighted by atomic mass is 16.4. The second-order valence-electron chi connectivity index (χ2n) is 4.42. The van der Waals surface area contributed by atoms with Gasteiger partial charge in [0.05, 0.1) is 6.61 Å². The van der Waals surface area contributed by atoms with Gasteiger partial charge in [-0.3, -0.25) is 4.79 Å². The number of carboxylic acids is 1. The summed E-state index contributed by atoms with van der Waals surface area (Å²) in [6.45, 7) is 1.55. The lowest BCUT2D eigenvalue weighted by atomic mass is 10.0. The normalized spacial score (nSPS) is 11.6. The smallest absolute Gasteiger partial charge is 0.303 e. The minimum Gasteiger partial charge on any atom is -0.508 e. The van der Waals surface area contributed by atoms with Crippen molar-refractivity contribution in [3.63, 3.8) is 0 Å². The van der Waals surface area contributed by atoms with E-state index in [4.69, 9.17) is 10.2 Å². The van der Waals surface area contributed by atoms with Gasteiger partial charge in [-0.15, -0.1) is 0 Å². The molecule has 0 saturated carbocycles. The van der Waals surface area contributed by atoms with Gasteiger partial charge in [-0.05, 0) is 37.5 Å². The molecule has 5 heteroatoms. The molecular weight excluding hydrogens is 248 g/mol. The SMILES string of the molecule is C/C(=C\Cc1c(O)cc(CO)cc1O)CCC(=O)O. The first kappa shape index (κ1) is 15.0. The van der Waals surface area contributed by atoms with Crippen molar-refractivity contribution in [1.29, 1.82) is 0 Å². The summed E-state index contributed by atoms with van der Waals surface area (Å²) in [7, 11) is 0. The van der Waals surface area contributed by atoms with Crippen molar-refractivity contribution in [2.24, 2.45) is 0 Å². The molecule has 0 fully saturated rings. The predicted molar refractivity (Wildman–Crippen MR) is 70.0 cm³/mol. The second kappa shape index (κ2) is 6.80. The topological polar surface area (TPSA) is 98.0 Å². The van der Waals surface area contributed by atoms with Crippen LogP contribution >= 0.6 is 0 Å². The van der Waals surface area contributed by atoms with Crippen molar-refractivity contribution in [3.05, 3.63) is 34.9 Å². The van der Waals surface area contributed by atoms with Crippen molar-refractivity contribution in [2.75, 3.05) is 0 Å². The molecule has 0 aromatic heterocycles. The Morgan fingerprint density at radius 2 is 1.79 bits per heavy atom. The van der Waals surface area contributed by atoms with Gasteiger partial charge in [-0.1, -0.05) is 11.6 Å². The van der Waals surface area contributed by atoms with E-state index in [2.05, 4.69) is 0 Å². The number of phenols is 2. The Bertz CT molecular complexity index is 468. The Hall–Kier alpha value is -2.01. The number of hydrogen-bond acceptors (Lipinski definition) is 4. The molecule has 0 aliphatic rings. The Labute approximate surface area is 111 Å². The van der Waals surface area contributed by atoms with Crippen molar-refractivity contribution < 1.29 is 25.2 Å². The zero-order valence-corrected chi connectivity index (χ0v) is 10.8. The van der Waals surface area contributed by atoms with Crippen molar-refractivity contribution in [2.45, 2.75) is 32.8 Å². The first-order valence-electron chi connectivity index (χ1n) is 5.96. The van der Waals surface area contributed by atoms with Crippen molar-refractivity contribution in [1.82, 2.24) is 0 Å². The first-order chi connectivity index (χ1) is 8.93. The highest BCUT2D eigenvalue weighted by molar-refractivity contribution is 5.67. The van der Waals surface area contributed by atoms with E-state index in [-0.39, 0.29) is 24.5 Å². The first-order valence-corrected chi connectivity index (χ1v) is 5.96. The number of carboxylic acid groups (broad SMARTS) is 1. The molecule has 19 heavy (non-hydrogen) atoms. The molecule has 104 valence electrons. The van der Waals surface area contributed by atoms with Gasteiger partial charge in [0, 0.05) is 12.0 Å². The molecule has 0 aliphatic heterocycles. The summed E-state index contributed by atoms with van der Waals surface area (Å²) < 4.78 is 0. The Morgan fingerprint density at radius 3 is 2.26 bits per heavy atom. The van der Waals surface area contributed by atoms with Gasteiger partial charge >= 0.3 is 5.97 Å². The number of allylic oxidation sites excluding steroid dienone is 2. The van der Waals surface area contributed by atoms with E-state index in [1.165, 1.54) is 12.1 Å². The maximum Gasteiger partial charge on any atom is 0.303 e. The molecule has 0 bridgehead atoms. The quantitative estimate of drug-likeness (QED) is 0.590. The molecule has 0 saturated heterocycles. The van der Waals surface area contributed by atoms with Gasteiger partial charge in [0.1, 0.15) is 11.5 Å². The van der Waals surface area contributed by atoms with Gasteiger partial charge < -0.3 is 20.4 Å². The third-order valence-corrected chi connectivity index (χ3v) is 2.83. The number of aromatic hydroxyl groups is 2. The zero-order valence-electron chi connectivity index (χ0n) is 10.8. The maximum atomic E-state index is 10.4. The molecule has 0 radical (unpaired) electrons. The number of carbonyl (C=O) groups is 1. The van der Waals surface area contributed by atoms with E-state index in [0.29, 0.717) is 24.0 Å². The van der Waals surface area contributed by atoms with E-state index in [9.17, 15) is 15.0 Å². The summed E-state index contributed by atoms with van der Waals surface area (Å²) in [6, 6.07) is 2.80. The van der Waals surface area contributed by atoms with Gasteiger partial charge in [-0.2, -0.15) is 0 Å². The van der Waals surface area contributed by atoms with Crippen LogP contribution in [0.1, 0.15) is 30.9 Å². The molecule has 0 amide bonds. The molecule has 4 N–H and O–H groups in total. The molecule has 1 rings (SSSR count). The lowest BCUT2D eigenvalue weighted by molar-refractivity contribution is -0.136. The molecule has 0 atom stereocenters. The fraction of sp³-hybridized carbons (Fsp3) is 0.357. The van der Waals surface area contributed by atoms with Crippen LogP contribution < -0.4 is 0 Å². The summed E-state index contributed by atoms with van der Waals surface area (Å²) in [6.07, 6.45) is 2.58. The minimum atomic E-state index is -0.856. The van der Waals surface area contributed by atoms with Gasteiger partial charge in [-0.25, -0.2) is 0 Å². The number of aliphatic hydroxyl groups excluding tert-OH is 1. The second-order valence-corrected chi connectivity index (χ2v) is 4.42. The highest BCUT2D eigenvalue weighted by Crippen LogP contribution is 2.30. The largest absolute Gasteiger partial charge is 0.508 e. The van der Waals surface area contributed by atoms with Crippen LogP contribution in [-0.4, -0.2) is 26.4 Å². The molecule has 0 aliphatic carbocycles. The number of hydrogen-bond donors (Lipinski definition) is 4.